The van der Waals surface area contributed by atoms with Crippen molar-refractivity contribution in [2.75, 3.05) is 13.1 Å². The van der Waals surface area contributed by atoms with Gasteiger partial charge in [0.1, 0.15) is 5.82 Å². The van der Waals surface area contributed by atoms with E-state index in [2.05, 4.69) is 61.1 Å². The van der Waals surface area contributed by atoms with Crippen molar-refractivity contribution in [3.05, 3.63) is 114 Å². The molecule has 0 bridgehead atoms. The molecule has 2 N–H and O–H groups in total. The number of rotatable bonds is 10. The number of fused-ring (bicyclic) bond motifs is 1. The summed E-state index contributed by atoms with van der Waals surface area (Å²) in [4.78, 5) is 31.7. The lowest BCUT2D eigenvalue weighted by molar-refractivity contribution is 0.0618. The minimum Gasteiger partial charge on any atom is -0.392 e. The number of imide groups is 1. The second-order valence-electron chi connectivity index (χ2n) is 11.4. The first kappa shape index (κ1) is 27.5. The second-order valence-corrected chi connectivity index (χ2v) is 11.4. The highest BCUT2D eigenvalue weighted by molar-refractivity contribution is 6.21. The lowest BCUT2D eigenvalue weighted by atomic mass is 9.86. The molecule has 3 aromatic carbocycles. The fourth-order valence-corrected chi connectivity index (χ4v) is 5.18. The number of carbonyl (C=O) groups excluding carboxylic acids is 2. The number of imidazole rings is 1. The fraction of sp³-hybridized carbons (Fsp3) is 0.303. The molecule has 206 valence electrons. The van der Waals surface area contributed by atoms with Gasteiger partial charge in [-0.2, -0.15) is 0 Å². The number of hydrogen-bond donors (Lipinski definition) is 2. The number of aromatic nitrogens is 2. The summed E-state index contributed by atoms with van der Waals surface area (Å²) in [6, 6.07) is 27.1. The maximum Gasteiger partial charge on any atom is 0.261 e. The third-order valence-corrected chi connectivity index (χ3v) is 7.32. The summed E-state index contributed by atoms with van der Waals surface area (Å²) in [5.41, 5.74) is 3.75. The van der Waals surface area contributed by atoms with Gasteiger partial charge in [0.2, 0.25) is 0 Å². The van der Waals surface area contributed by atoms with Gasteiger partial charge in [0.15, 0.2) is 0 Å². The first-order valence-electron chi connectivity index (χ1n) is 13.8. The van der Waals surface area contributed by atoms with Crippen molar-refractivity contribution in [2.45, 2.75) is 45.9 Å². The van der Waals surface area contributed by atoms with Gasteiger partial charge < -0.3 is 15.0 Å². The third kappa shape index (κ3) is 5.91. The van der Waals surface area contributed by atoms with Crippen LogP contribution in [0.4, 0.5) is 0 Å². The van der Waals surface area contributed by atoms with E-state index in [0.29, 0.717) is 24.2 Å². The van der Waals surface area contributed by atoms with Crippen molar-refractivity contribution in [2.24, 2.45) is 5.41 Å². The zero-order chi connectivity index (χ0) is 28.3. The average molecular weight is 537 g/mol. The van der Waals surface area contributed by atoms with Crippen molar-refractivity contribution in [1.29, 1.82) is 0 Å². The molecule has 2 heterocycles. The molecule has 2 unspecified atom stereocenters. The molecular weight excluding hydrogens is 500 g/mol. The fourth-order valence-electron chi connectivity index (χ4n) is 5.18. The van der Waals surface area contributed by atoms with Crippen LogP contribution in [0.3, 0.4) is 0 Å². The Morgan fingerprint density at radius 3 is 2.02 bits per heavy atom. The first-order valence-corrected chi connectivity index (χ1v) is 13.8. The SMILES string of the molecule is CC(C)(C)C(NCC(O)CCN1C(=O)c2ccccc2C1=O)c1nc(-c2ccccc2)cn1Cc1ccccc1. The largest absolute Gasteiger partial charge is 0.392 e. The number of hydrogen-bond acceptors (Lipinski definition) is 5. The number of aliphatic hydroxyl groups is 1. The summed E-state index contributed by atoms with van der Waals surface area (Å²) in [6.07, 6.45) is 1.63. The summed E-state index contributed by atoms with van der Waals surface area (Å²) in [7, 11) is 0. The first-order chi connectivity index (χ1) is 19.2. The second kappa shape index (κ2) is 11.6. The van der Waals surface area contributed by atoms with Gasteiger partial charge in [-0.25, -0.2) is 4.98 Å². The van der Waals surface area contributed by atoms with E-state index in [1.165, 1.54) is 10.5 Å². The molecule has 5 rings (SSSR count). The smallest absolute Gasteiger partial charge is 0.261 e. The summed E-state index contributed by atoms with van der Waals surface area (Å²) < 4.78 is 2.19. The van der Waals surface area contributed by atoms with Gasteiger partial charge in [0.25, 0.3) is 11.8 Å². The highest BCUT2D eigenvalue weighted by Gasteiger charge is 2.35. The molecule has 7 nitrogen and oxygen atoms in total. The molecule has 40 heavy (non-hydrogen) atoms. The Morgan fingerprint density at radius 1 is 0.850 bits per heavy atom. The molecule has 0 saturated heterocycles. The Kier molecular flexibility index (Phi) is 7.96. The zero-order valence-electron chi connectivity index (χ0n) is 23.2. The van der Waals surface area contributed by atoms with E-state index in [-0.39, 0.29) is 36.2 Å². The molecule has 7 heteroatoms. The average Bonchev–Trinajstić information content (AvgIpc) is 3.46. The van der Waals surface area contributed by atoms with Crippen LogP contribution in [-0.4, -0.2) is 50.6 Å². The van der Waals surface area contributed by atoms with Gasteiger partial charge in [0.05, 0.1) is 29.0 Å². The summed E-state index contributed by atoms with van der Waals surface area (Å²) in [5, 5.41) is 14.5. The molecule has 1 aliphatic rings. The molecule has 0 fully saturated rings. The maximum atomic E-state index is 12.7. The quantitative estimate of drug-likeness (QED) is 0.268. The van der Waals surface area contributed by atoms with Crippen molar-refractivity contribution >= 4 is 11.8 Å². The Bertz CT molecular complexity index is 1440. The van der Waals surface area contributed by atoms with E-state index >= 15 is 0 Å². The third-order valence-electron chi connectivity index (χ3n) is 7.32. The normalized spacial score (nSPS) is 14.8. The van der Waals surface area contributed by atoms with Crippen molar-refractivity contribution in [3.63, 3.8) is 0 Å². The summed E-state index contributed by atoms with van der Waals surface area (Å²) in [6.45, 7) is 7.59. The van der Waals surface area contributed by atoms with E-state index in [1.807, 2.05) is 36.4 Å². The number of amides is 2. The number of benzene rings is 3. The van der Waals surface area contributed by atoms with E-state index < -0.39 is 6.10 Å². The number of nitrogens with zero attached hydrogens (tertiary/aromatic N) is 3. The van der Waals surface area contributed by atoms with Gasteiger partial charge in [-0.1, -0.05) is 93.6 Å². The van der Waals surface area contributed by atoms with Crippen LogP contribution in [0.2, 0.25) is 0 Å². The predicted molar refractivity (Wildman–Crippen MR) is 156 cm³/mol. The van der Waals surface area contributed by atoms with Crippen molar-refractivity contribution in [3.8, 4) is 11.3 Å². The van der Waals surface area contributed by atoms with Gasteiger partial charge >= 0.3 is 0 Å². The van der Waals surface area contributed by atoms with Crippen LogP contribution < -0.4 is 5.32 Å². The Balaban J connectivity index is 1.32. The molecule has 1 aromatic heterocycles. The molecule has 0 radical (unpaired) electrons. The van der Waals surface area contributed by atoms with Crippen molar-refractivity contribution < 1.29 is 14.7 Å². The molecule has 2 amide bonds. The van der Waals surface area contributed by atoms with Crippen LogP contribution >= 0.6 is 0 Å². The van der Waals surface area contributed by atoms with E-state index in [4.69, 9.17) is 4.98 Å². The standard InChI is InChI=1S/C33H36N4O3/c1-33(2,3)29(34-20-25(38)18-19-37-31(39)26-16-10-11-17-27(26)32(37)40)30-35-28(24-14-8-5-9-15-24)22-36(30)21-23-12-6-4-7-13-23/h4-17,22,25,29,34,38H,18-21H2,1-3H3. The minimum absolute atomic E-state index is 0.163. The molecule has 0 aliphatic carbocycles. The van der Waals surface area contributed by atoms with Gasteiger partial charge in [-0.15, -0.1) is 0 Å². The van der Waals surface area contributed by atoms with Crippen LogP contribution in [0, 0.1) is 5.41 Å². The molecule has 4 aromatic rings. The van der Waals surface area contributed by atoms with Crippen LogP contribution in [0.5, 0.6) is 0 Å². The Morgan fingerprint density at radius 2 is 1.43 bits per heavy atom. The summed E-state index contributed by atoms with van der Waals surface area (Å²) >= 11 is 0. The Labute approximate surface area is 235 Å². The van der Waals surface area contributed by atoms with E-state index in [9.17, 15) is 14.7 Å². The number of nitrogens with one attached hydrogen (secondary N) is 1. The molecular formula is C33H36N4O3. The minimum atomic E-state index is -0.750. The van der Waals surface area contributed by atoms with Crippen LogP contribution in [0.15, 0.2) is 91.1 Å². The topological polar surface area (TPSA) is 87.5 Å². The lowest BCUT2D eigenvalue weighted by Gasteiger charge is -2.32. The highest BCUT2D eigenvalue weighted by Crippen LogP contribution is 2.34. The van der Waals surface area contributed by atoms with E-state index in [1.54, 1.807) is 24.3 Å². The van der Waals surface area contributed by atoms with E-state index in [0.717, 1.165) is 17.1 Å². The number of aliphatic hydroxyl groups excluding tert-OH is 1. The van der Waals surface area contributed by atoms with Gasteiger partial charge in [-0.3, -0.25) is 14.5 Å². The lowest BCUT2D eigenvalue weighted by Crippen LogP contribution is -2.40. The van der Waals surface area contributed by atoms with Gasteiger partial charge in [-0.05, 0) is 29.5 Å². The molecule has 0 saturated carbocycles. The molecule has 2 atom stereocenters. The zero-order valence-corrected chi connectivity index (χ0v) is 23.2. The van der Waals surface area contributed by atoms with Crippen LogP contribution in [-0.2, 0) is 6.54 Å². The van der Waals surface area contributed by atoms with Crippen molar-refractivity contribution in [1.82, 2.24) is 19.8 Å². The Hall–Kier alpha value is -4.07. The molecule has 1 aliphatic heterocycles. The predicted octanol–water partition coefficient (Wildman–Crippen LogP) is 5.32. The van der Waals surface area contributed by atoms with Crippen LogP contribution in [0.1, 0.15) is 65.3 Å². The number of carbonyl (C=O) groups is 2. The van der Waals surface area contributed by atoms with Crippen LogP contribution in [0.25, 0.3) is 11.3 Å². The monoisotopic (exact) mass is 536 g/mol. The molecule has 0 spiro atoms. The maximum absolute atomic E-state index is 12.7. The highest BCUT2D eigenvalue weighted by atomic mass is 16.3. The van der Waals surface area contributed by atoms with Gasteiger partial charge in [0, 0.05) is 31.4 Å². The summed E-state index contributed by atoms with van der Waals surface area (Å²) in [5.74, 6) is 0.289.